The summed E-state index contributed by atoms with van der Waals surface area (Å²) in [6, 6.07) is 18.3. The third kappa shape index (κ3) is 3.23. The van der Waals surface area contributed by atoms with Crippen molar-refractivity contribution in [2.75, 3.05) is 12.4 Å². The van der Waals surface area contributed by atoms with Crippen LogP contribution < -0.4 is 14.8 Å². The van der Waals surface area contributed by atoms with Gasteiger partial charge in [-0.15, -0.1) is 0 Å². The molecule has 0 aliphatic carbocycles. The number of ether oxygens (including phenoxy) is 2. The summed E-state index contributed by atoms with van der Waals surface area (Å²) in [5.41, 5.74) is 3.10. The lowest BCUT2D eigenvalue weighted by atomic mass is 9.83. The molecule has 27 heavy (non-hydrogen) atoms. The van der Waals surface area contributed by atoms with Gasteiger partial charge in [0.25, 0.3) is 0 Å². The highest BCUT2D eigenvalue weighted by Gasteiger charge is 2.28. The van der Waals surface area contributed by atoms with Crippen LogP contribution in [0, 0.1) is 0 Å². The van der Waals surface area contributed by atoms with Gasteiger partial charge in [-0.05, 0) is 42.5 Å². The SMILES string of the molecule is COc1cc([C@H]2CC(=O)Nc3c2ccc2ccccc32)ccc1OC(C)C. The van der Waals surface area contributed by atoms with Crippen LogP contribution in [0.2, 0.25) is 0 Å². The lowest BCUT2D eigenvalue weighted by Gasteiger charge is -2.28. The Balaban J connectivity index is 1.81. The number of rotatable bonds is 4. The lowest BCUT2D eigenvalue weighted by Crippen LogP contribution is -2.23. The molecule has 4 nitrogen and oxygen atoms in total. The molecule has 0 spiro atoms. The van der Waals surface area contributed by atoms with E-state index in [4.69, 9.17) is 9.47 Å². The van der Waals surface area contributed by atoms with E-state index < -0.39 is 0 Å². The number of benzene rings is 3. The fraction of sp³-hybridized carbons (Fsp3) is 0.261. The summed E-state index contributed by atoms with van der Waals surface area (Å²) in [4.78, 5) is 12.5. The van der Waals surface area contributed by atoms with E-state index in [1.165, 1.54) is 0 Å². The summed E-state index contributed by atoms with van der Waals surface area (Å²) >= 11 is 0. The van der Waals surface area contributed by atoms with Gasteiger partial charge in [-0.2, -0.15) is 0 Å². The maximum atomic E-state index is 12.5. The molecule has 1 heterocycles. The van der Waals surface area contributed by atoms with Gasteiger partial charge < -0.3 is 14.8 Å². The van der Waals surface area contributed by atoms with Crippen molar-refractivity contribution >= 4 is 22.4 Å². The van der Waals surface area contributed by atoms with Crippen LogP contribution >= 0.6 is 0 Å². The molecule has 1 aliphatic rings. The van der Waals surface area contributed by atoms with E-state index in [0.29, 0.717) is 12.2 Å². The molecule has 0 bridgehead atoms. The fourth-order valence-electron chi connectivity index (χ4n) is 3.75. The first-order valence-corrected chi connectivity index (χ1v) is 9.23. The van der Waals surface area contributed by atoms with Crippen molar-refractivity contribution in [3.63, 3.8) is 0 Å². The summed E-state index contributed by atoms with van der Waals surface area (Å²) in [6.07, 6.45) is 0.482. The molecular weight excluding hydrogens is 338 g/mol. The number of hydrogen-bond acceptors (Lipinski definition) is 3. The minimum Gasteiger partial charge on any atom is -0.493 e. The molecule has 0 unspecified atom stereocenters. The van der Waals surface area contributed by atoms with Gasteiger partial charge in [-0.25, -0.2) is 0 Å². The lowest BCUT2D eigenvalue weighted by molar-refractivity contribution is -0.116. The van der Waals surface area contributed by atoms with E-state index in [-0.39, 0.29) is 17.9 Å². The van der Waals surface area contributed by atoms with Gasteiger partial charge in [0.1, 0.15) is 0 Å². The highest BCUT2D eigenvalue weighted by atomic mass is 16.5. The molecule has 1 atom stereocenters. The fourth-order valence-corrected chi connectivity index (χ4v) is 3.75. The molecule has 0 saturated heterocycles. The van der Waals surface area contributed by atoms with Crippen molar-refractivity contribution in [2.24, 2.45) is 0 Å². The molecule has 4 heteroatoms. The number of carbonyl (C=O) groups is 1. The first-order chi connectivity index (χ1) is 13.1. The van der Waals surface area contributed by atoms with Gasteiger partial charge in [0.2, 0.25) is 5.91 Å². The quantitative estimate of drug-likeness (QED) is 0.702. The van der Waals surface area contributed by atoms with Crippen molar-refractivity contribution in [2.45, 2.75) is 32.3 Å². The second kappa shape index (κ2) is 6.95. The van der Waals surface area contributed by atoms with Crippen molar-refractivity contribution in [3.8, 4) is 11.5 Å². The zero-order chi connectivity index (χ0) is 19.0. The molecule has 3 aromatic rings. The number of carbonyl (C=O) groups excluding carboxylic acids is 1. The van der Waals surface area contributed by atoms with E-state index in [0.717, 1.165) is 33.3 Å². The van der Waals surface area contributed by atoms with E-state index in [1.54, 1.807) is 7.11 Å². The number of anilines is 1. The van der Waals surface area contributed by atoms with Crippen molar-refractivity contribution < 1.29 is 14.3 Å². The molecule has 3 aromatic carbocycles. The van der Waals surface area contributed by atoms with E-state index in [1.807, 2.05) is 44.2 Å². The van der Waals surface area contributed by atoms with Gasteiger partial charge in [-0.3, -0.25) is 4.79 Å². The first-order valence-electron chi connectivity index (χ1n) is 9.23. The van der Waals surface area contributed by atoms with E-state index in [2.05, 4.69) is 29.6 Å². The van der Waals surface area contributed by atoms with Crippen LogP contribution in [0.1, 0.15) is 37.3 Å². The van der Waals surface area contributed by atoms with Gasteiger partial charge in [0.15, 0.2) is 11.5 Å². The number of nitrogens with one attached hydrogen (secondary N) is 1. The molecule has 0 saturated carbocycles. The first kappa shape index (κ1) is 17.4. The predicted octanol–water partition coefficient (Wildman–Crippen LogP) is 5.11. The third-order valence-electron chi connectivity index (χ3n) is 4.94. The van der Waals surface area contributed by atoms with Gasteiger partial charge in [-0.1, -0.05) is 42.5 Å². The molecule has 0 aromatic heterocycles. The monoisotopic (exact) mass is 361 g/mol. The topological polar surface area (TPSA) is 47.6 Å². The second-order valence-corrected chi connectivity index (χ2v) is 7.13. The molecule has 1 N–H and O–H groups in total. The maximum Gasteiger partial charge on any atom is 0.225 e. The summed E-state index contributed by atoms with van der Waals surface area (Å²) in [6.45, 7) is 3.97. The molecule has 0 radical (unpaired) electrons. The normalized spacial score (nSPS) is 16.1. The number of hydrogen-bond donors (Lipinski definition) is 1. The van der Waals surface area contributed by atoms with Crippen LogP contribution in [0.4, 0.5) is 5.69 Å². The molecule has 0 fully saturated rings. The Morgan fingerprint density at radius 1 is 1.04 bits per heavy atom. The van der Waals surface area contributed by atoms with E-state index >= 15 is 0 Å². The van der Waals surface area contributed by atoms with Crippen LogP contribution in [0.15, 0.2) is 54.6 Å². The zero-order valence-electron chi connectivity index (χ0n) is 15.8. The number of amides is 1. The summed E-state index contributed by atoms with van der Waals surface area (Å²) in [7, 11) is 1.64. The molecule has 4 rings (SSSR count). The Morgan fingerprint density at radius 3 is 2.63 bits per heavy atom. The highest BCUT2D eigenvalue weighted by molar-refractivity contribution is 6.06. The molecule has 1 aliphatic heterocycles. The summed E-state index contributed by atoms with van der Waals surface area (Å²) < 4.78 is 11.4. The molecule has 138 valence electrons. The number of fused-ring (bicyclic) bond motifs is 3. The standard InChI is InChI=1S/C23H23NO3/c1-14(2)27-20-11-9-16(12-21(20)26-3)19-13-22(25)24-23-17-7-5-4-6-15(17)8-10-18(19)23/h4-12,14,19H,13H2,1-3H3,(H,24,25)/t19-/m1/s1. The zero-order valence-corrected chi connectivity index (χ0v) is 15.8. The van der Waals surface area contributed by atoms with Gasteiger partial charge in [0.05, 0.1) is 18.9 Å². The largest absolute Gasteiger partial charge is 0.493 e. The summed E-state index contributed by atoms with van der Waals surface area (Å²) in [5, 5.41) is 5.26. The molecular formula is C23H23NO3. The van der Waals surface area contributed by atoms with Crippen molar-refractivity contribution in [1.82, 2.24) is 0 Å². The average molecular weight is 361 g/mol. The molecule has 1 amide bonds. The Morgan fingerprint density at radius 2 is 1.85 bits per heavy atom. The van der Waals surface area contributed by atoms with Gasteiger partial charge >= 0.3 is 0 Å². The van der Waals surface area contributed by atoms with Gasteiger partial charge in [0, 0.05) is 17.7 Å². The van der Waals surface area contributed by atoms with Crippen LogP contribution in [0.5, 0.6) is 11.5 Å². The van der Waals surface area contributed by atoms with Crippen molar-refractivity contribution in [3.05, 3.63) is 65.7 Å². The Bertz CT molecular complexity index is 1010. The summed E-state index contributed by atoms with van der Waals surface area (Å²) in [5.74, 6) is 1.43. The number of methoxy groups -OCH3 is 1. The minimum absolute atomic E-state index is 0.0136. The van der Waals surface area contributed by atoms with Crippen LogP contribution in [-0.2, 0) is 4.79 Å². The predicted molar refractivity (Wildman–Crippen MR) is 108 cm³/mol. The van der Waals surface area contributed by atoms with E-state index in [9.17, 15) is 4.79 Å². The second-order valence-electron chi connectivity index (χ2n) is 7.13. The van der Waals surface area contributed by atoms with Crippen LogP contribution in [0.3, 0.4) is 0 Å². The van der Waals surface area contributed by atoms with Crippen LogP contribution in [0.25, 0.3) is 10.8 Å². The maximum absolute atomic E-state index is 12.5. The average Bonchev–Trinajstić information content (AvgIpc) is 2.67. The Labute approximate surface area is 159 Å². The Kier molecular flexibility index (Phi) is 4.48. The third-order valence-corrected chi connectivity index (χ3v) is 4.94. The Hall–Kier alpha value is -3.01. The minimum atomic E-state index is -0.0136. The van der Waals surface area contributed by atoms with Crippen LogP contribution in [-0.4, -0.2) is 19.1 Å². The highest BCUT2D eigenvalue weighted by Crippen LogP contribution is 2.42. The van der Waals surface area contributed by atoms with Crippen molar-refractivity contribution in [1.29, 1.82) is 0 Å². The smallest absolute Gasteiger partial charge is 0.225 e.